The second-order valence-electron chi connectivity index (χ2n) is 6.37. The number of ketones is 1. The second kappa shape index (κ2) is 10.1. The van der Waals surface area contributed by atoms with Crippen LogP contribution in [0.1, 0.15) is 71.6 Å². The van der Waals surface area contributed by atoms with Gasteiger partial charge in [0.05, 0.1) is 12.2 Å². The summed E-state index contributed by atoms with van der Waals surface area (Å²) in [6, 6.07) is 0. The average Bonchev–Trinajstić information content (AvgIpc) is 2.71. The lowest BCUT2D eigenvalue weighted by Gasteiger charge is -2.18. The van der Waals surface area contributed by atoms with Crippen LogP contribution in [0.5, 0.6) is 0 Å². The Labute approximate surface area is 129 Å². The first-order chi connectivity index (χ1) is 10.1. The molecule has 1 rings (SSSR count). The van der Waals surface area contributed by atoms with Crippen LogP contribution in [-0.4, -0.2) is 28.2 Å². The van der Waals surface area contributed by atoms with E-state index in [9.17, 15) is 15.0 Å². The fraction of sp³-hybridized carbons (Fsp3) is 0.833. The van der Waals surface area contributed by atoms with Crippen LogP contribution < -0.4 is 0 Å². The van der Waals surface area contributed by atoms with Gasteiger partial charge in [-0.05, 0) is 12.8 Å². The maximum atomic E-state index is 12.0. The van der Waals surface area contributed by atoms with Crippen molar-refractivity contribution in [2.24, 2.45) is 11.8 Å². The number of carbonyl (C=O) groups excluding carboxylic acids is 1. The van der Waals surface area contributed by atoms with Gasteiger partial charge in [-0.3, -0.25) is 4.79 Å². The van der Waals surface area contributed by atoms with Gasteiger partial charge >= 0.3 is 0 Å². The van der Waals surface area contributed by atoms with Crippen molar-refractivity contribution in [3.8, 4) is 0 Å². The zero-order valence-corrected chi connectivity index (χ0v) is 13.6. The molecule has 4 unspecified atom stereocenters. The highest BCUT2D eigenvalue weighted by Gasteiger charge is 2.39. The summed E-state index contributed by atoms with van der Waals surface area (Å²) in [5.74, 6) is 0.0366. The lowest BCUT2D eigenvalue weighted by atomic mass is 9.88. The predicted molar refractivity (Wildman–Crippen MR) is 86.0 cm³/mol. The van der Waals surface area contributed by atoms with Crippen molar-refractivity contribution in [3.63, 3.8) is 0 Å². The van der Waals surface area contributed by atoms with Crippen LogP contribution in [0.2, 0.25) is 0 Å². The molecule has 122 valence electrons. The van der Waals surface area contributed by atoms with Crippen molar-refractivity contribution in [2.75, 3.05) is 0 Å². The van der Waals surface area contributed by atoms with Crippen LogP contribution in [0.25, 0.3) is 0 Å². The smallest absolute Gasteiger partial charge is 0.139 e. The van der Waals surface area contributed by atoms with Crippen LogP contribution in [0.4, 0.5) is 0 Å². The van der Waals surface area contributed by atoms with Gasteiger partial charge in [0, 0.05) is 18.3 Å². The van der Waals surface area contributed by atoms with E-state index in [0.717, 1.165) is 51.4 Å². The van der Waals surface area contributed by atoms with E-state index in [1.165, 1.54) is 0 Å². The predicted octanol–water partition coefficient (Wildman–Crippen LogP) is 3.63. The molecule has 1 fully saturated rings. The highest BCUT2D eigenvalue weighted by molar-refractivity contribution is 5.84. The SMILES string of the molecule is CCCCCC(O)/C=C/C1C(O)CC(=O)C1CCCCC. The van der Waals surface area contributed by atoms with Gasteiger partial charge in [0.1, 0.15) is 5.78 Å². The lowest BCUT2D eigenvalue weighted by molar-refractivity contribution is -0.121. The van der Waals surface area contributed by atoms with Gasteiger partial charge in [-0.15, -0.1) is 0 Å². The fourth-order valence-corrected chi connectivity index (χ4v) is 3.16. The van der Waals surface area contributed by atoms with E-state index in [0.29, 0.717) is 0 Å². The molecule has 0 saturated heterocycles. The molecule has 1 aliphatic rings. The molecule has 0 aromatic heterocycles. The fourth-order valence-electron chi connectivity index (χ4n) is 3.16. The number of Topliss-reactive ketones (excluding diaryl/α,β-unsaturated/α-hetero) is 1. The minimum Gasteiger partial charge on any atom is -0.392 e. The summed E-state index contributed by atoms with van der Waals surface area (Å²) in [4.78, 5) is 12.0. The first kappa shape index (κ1) is 18.4. The summed E-state index contributed by atoms with van der Waals surface area (Å²) in [5.41, 5.74) is 0. The van der Waals surface area contributed by atoms with E-state index < -0.39 is 12.2 Å². The minimum atomic E-state index is -0.566. The Morgan fingerprint density at radius 1 is 1.19 bits per heavy atom. The average molecular weight is 296 g/mol. The van der Waals surface area contributed by atoms with Gasteiger partial charge in [0.25, 0.3) is 0 Å². The number of hydrogen-bond donors (Lipinski definition) is 2. The Kier molecular flexibility index (Phi) is 8.86. The van der Waals surface area contributed by atoms with Crippen LogP contribution in [0.3, 0.4) is 0 Å². The molecule has 3 heteroatoms. The Hall–Kier alpha value is -0.670. The first-order valence-electron chi connectivity index (χ1n) is 8.67. The largest absolute Gasteiger partial charge is 0.392 e. The monoisotopic (exact) mass is 296 g/mol. The van der Waals surface area contributed by atoms with Crippen molar-refractivity contribution >= 4 is 5.78 Å². The number of hydrogen-bond acceptors (Lipinski definition) is 3. The molecule has 0 aliphatic heterocycles. The third-order valence-electron chi connectivity index (χ3n) is 4.51. The third-order valence-corrected chi connectivity index (χ3v) is 4.51. The minimum absolute atomic E-state index is 0.0503. The van der Waals surface area contributed by atoms with Crippen molar-refractivity contribution in [1.29, 1.82) is 0 Å². The summed E-state index contributed by atoms with van der Waals surface area (Å²) in [5, 5.41) is 20.0. The molecule has 4 atom stereocenters. The Morgan fingerprint density at radius 2 is 1.86 bits per heavy atom. The van der Waals surface area contributed by atoms with Gasteiger partial charge in [-0.25, -0.2) is 0 Å². The van der Waals surface area contributed by atoms with Gasteiger partial charge in [0.2, 0.25) is 0 Å². The molecule has 3 nitrogen and oxygen atoms in total. The van der Waals surface area contributed by atoms with Gasteiger partial charge in [0.15, 0.2) is 0 Å². The van der Waals surface area contributed by atoms with Crippen molar-refractivity contribution in [1.82, 2.24) is 0 Å². The van der Waals surface area contributed by atoms with Gasteiger partial charge in [-0.2, -0.15) is 0 Å². The van der Waals surface area contributed by atoms with Crippen molar-refractivity contribution in [2.45, 2.75) is 83.8 Å². The standard InChI is InChI=1S/C18H32O3/c1-3-5-7-9-14(19)11-12-16-15(10-8-6-4-2)17(20)13-18(16)21/h11-12,14-16,18-19,21H,3-10,13H2,1-2H3/b12-11+. The number of rotatable bonds is 10. The van der Waals surface area contributed by atoms with Gasteiger partial charge in [-0.1, -0.05) is 64.5 Å². The summed E-state index contributed by atoms with van der Waals surface area (Å²) in [6.07, 6.45) is 11.2. The second-order valence-corrected chi connectivity index (χ2v) is 6.37. The number of carbonyl (C=O) groups is 1. The van der Waals surface area contributed by atoms with Crippen LogP contribution in [-0.2, 0) is 4.79 Å². The highest BCUT2D eigenvalue weighted by Crippen LogP contribution is 2.34. The molecule has 0 aromatic carbocycles. The van der Waals surface area contributed by atoms with E-state index in [-0.39, 0.29) is 24.0 Å². The maximum Gasteiger partial charge on any atom is 0.139 e. The Bertz CT molecular complexity index is 324. The van der Waals surface area contributed by atoms with Crippen LogP contribution >= 0.6 is 0 Å². The molecule has 21 heavy (non-hydrogen) atoms. The highest BCUT2D eigenvalue weighted by atomic mass is 16.3. The summed E-state index contributed by atoms with van der Waals surface area (Å²) >= 11 is 0. The molecule has 0 spiro atoms. The van der Waals surface area contributed by atoms with Crippen LogP contribution in [0.15, 0.2) is 12.2 Å². The maximum absolute atomic E-state index is 12.0. The molecule has 0 amide bonds. The molecule has 0 radical (unpaired) electrons. The quantitative estimate of drug-likeness (QED) is 0.478. The molecule has 2 N–H and O–H groups in total. The summed E-state index contributed by atoms with van der Waals surface area (Å²) < 4.78 is 0. The molecule has 0 bridgehead atoms. The lowest BCUT2D eigenvalue weighted by Crippen LogP contribution is -2.19. The molecule has 1 saturated carbocycles. The normalized spacial score (nSPS) is 27.6. The van der Waals surface area contributed by atoms with Crippen LogP contribution in [0, 0.1) is 11.8 Å². The molecule has 1 aliphatic carbocycles. The van der Waals surface area contributed by atoms with E-state index >= 15 is 0 Å². The van der Waals surface area contributed by atoms with Crippen molar-refractivity contribution < 1.29 is 15.0 Å². The van der Waals surface area contributed by atoms with E-state index in [1.54, 1.807) is 6.08 Å². The van der Waals surface area contributed by atoms with E-state index in [4.69, 9.17) is 0 Å². The zero-order chi connectivity index (χ0) is 15.7. The molecular weight excluding hydrogens is 264 g/mol. The number of aliphatic hydroxyl groups excluding tert-OH is 2. The summed E-state index contributed by atoms with van der Waals surface area (Å²) in [6.45, 7) is 4.29. The van der Waals surface area contributed by atoms with E-state index in [2.05, 4.69) is 13.8 Å². The molecular formula is C18H32O3. The zero-order valence-electron chi connectivity index (χ0n) is 13.6. The van der Waals surface area contributed by atoms with E-state index in [1.807, 2.05) is 6.08 Å². The third kappa shape index (κ3) is 6.31. The number of aliphatic hydroxyl groups is 2. The first-order valence-corrected chi connectivity index (χ1v) is 8.67. The topological polar surface area (TPSA) is 57.5 Å². The summed E-state index contributed by atoms with van der Waals surface area (Å²) in [7, 11) is 0. The Morgan fingerprint density at radius 3 is 2.52 bits per heavy atom. The van der Waals surface area contributed by atoms with Gasteiger partial charge < -0.3 is 10.2 Å². The number of unbranched alkanes of at least 4 members (excludes halogenated alkanes) is 4. The molecule has 0 aromatic rings. The van der Waals surface area contributed by atoms with Crippen molar-refractivity contribution in [3.05, 3.63) is 12.2 Å². The Balaban J connectivity index is 2.49. The molecule has 0 heterocycles.